The molecule has 1 N–H and O–H groups in total. The number of benzene rings is 1. The van der Waals surface area contributed by atoms with Crippen LogP contribution >= 0.6 is 0 Å². The highest BCUT2D eigenvalue weighted by molar-refractivity contribution is 6.02. The maximum absolute atomic E-state index is 13.3. The van der Waals surface area contributed by atoms with E-state index in [9.17, 15) is 9.59 Å². The minimum absolute atomic E-state index is 0.0188. The number of aromatic amines is 1. The molecule has 2 aromatic rings. The molecule has 1 aromatic carbocycles. The van der Waals surface area contributed by atoms with Gasteiger partial charge in [-0.25, -0.2) is 0 Å². The van der Waals surface area contributed by atoms with Gasteiger partial charge in [-0.1, -0.05) is 24.3 Å². The standard InChI is InChI=1S/C24H31N3O2/c1-15-22(16(2)25-23(15)17(3)28)24(29)26(4)20-10-7-11-27(14-20)21-12-18-8-5-6-9-19(18)13-21/h5-6,8-9,20-21,25H,7,10-14H2,1-4H3/t20-/m0/s1. The van der Waals surface area contributed by atoms with Crippen molar-refractivity contribution in [2.75, 3.05) is 20.1 Å². The predicted octanol–water partition coefficient (Wildman–Crippen LogP) is 3.54. The normalized spacial score (nSPS) is 19.9. The highest BCUT2D eigenvalue weighted by atomic mass is 16.2. The molecule has 1 saturated heterocycles. The number of rotatable bonds is 4. The fourth-order valence-corrected chi connectivity index (χ4v) is 5.19. The van der Waals surface area contributed by atoms with Gasteiger partial charge in [0.25, 0.3) is 5.91 Å². The van der Waals surface area contributed by atoms with Crippen LogP contribution in [0.25, 0.3) is 0 Å². The average Bonchev–Trinajstić information content (AvgIpc) is 3.27. The van der Waals surface area contributed by atoms with Crippen molar-refractivity contribution in [3.8, 4) is 0 Å². The van der Waals surface area contributed by atoms with Gasteiger partial charge in [0.05, 0.1) is 11.3 Å². The highest BCUT2D eigenvalue weighted by Gasteiger charge is 2.34. The minimum atomic E-state index is -0.0306. The summed E-state index contributed by atoms with van der Waals surface area (Å²) in [6.07, 6.45) is 4.36. The zero-order valence-electron chi connectivity index (χ0n) is 17.9. The van der Waals surface area contributed by atoms with E-state index in [2.05, 4.69) is 34.1 Å². The average molecular weight is 394 g/mol. The highest BCUT2D eigenvalue weighted by Crippen LogP contribution is 2.29. The summed E-state index contributed by atoms with van der Waals surface area (Å²) < 4.78 is 0. The number of aromatic nitrogens is 1. The summed E-state index contributed by atoms with van der Waals surface area (Å²) in [6.45, 7) is 7.30. The van der Waals surface area contributed by atoms with Crippen LogP contribution < -0.4 is 0 Å². The molecule has 0 unspecified atom stereocenters. The molecule has 1 aliphatic heterocycles. The number of amides is 1. The molecule has 1 amide bonds. The summed E-state index contributed by atoms with van der Waals surface area (Å²) in [5.41, 5.74) is 5.70. The lowest BCUT2D eigenvalue weighted by molar-refractivity contribution is 0.0554. The number of piperidine rings is 1. The van der Waals surface area contributed by atoms with Gasteiger partial charge in [-0.3, -0.25) is 14.5 Å². The first kappa shape index (κ1) is 19.9. The summed E-state index contributed by atoms with van der Waals surface area (Å²) in [6, 6.07) is 9.49. The van der Waals surface area contributed by atoms with E-state index in [0.29, 0.717) is 17.3 Å². The Kier molecular flexibility index (Phi) is 5.34. The Bertz CT molecular complexity index is 921. The number of nitrogens with one attached hydrogen (secondary N) is 1. The number of aryl methyl sites for hydroxylation is 1. The van der Waals surface area contributed by atoms with E-state index in [-0.39, 0.29) is 17.7 Å². The molecule has 1 atom stereocenters. The van der Waals surface area contributed by atoms with E-state index in [1.54, 1.807) is 0 Å². The van der Waals surface area contributed by atoms with Crippen LogP contribution in [-0.4, -0.2) is 58.7 Å². The fraction of sp³-hybridized carbons (Fsp3) is 0.500. The first-order valence-corrected chi connectivity index (χ1v) is 10.6. The quantitative estimate of drug-likeness (QED) is 0.809. The van der Waals surface area contributed by atoms with Crippen LogP contribution in [0.15, 0.2) is 24.3 Å². The summed E-state index contributed by atoms with van der Waals surface area (Å²) >= 11 is 0. The molecule has 0 radical (unpaired) electrons. The zero-order chi connectivity index (χ0) is 20.7. The number of hydrogen-bond acceptors (Lipinski definition) is 3. The Morgan fingerprint density at radius 1 is 1.14 bits per heavy atom. The molecule has 0 spiro atoms. The van der Waals surface area contributed by atoms with Crippen molar-refractivity contribution in [3.05, 3.63) is 57.9 Å². The van der Waals surface area contributed by atoms with E-state index in [0.717, 1.165) is 50.0 Å². The molecule has 2 heterocycles. The molecule has 0 bridgehead atoms. The van der Waals surface area contributed by atoms with Gasteiger partial charge in [-0.05, 0) is 62.8 Å². The van der Waals surface area contributed by atoms with E-state index < -0.39 is 0 Å². The second-order valence-electron chi connectivity index (χ2n) is 8.72. The molecule has 4 rings (SSSR count). The number of Topliss-reactive ketones (excluding diaryl/α,β-unsaturated/α-hetero) is 1. The van der Waals surface area contributed by atoms with Crippen LogP contribution in [0.4, 0.5) is 0 Å². The molecular weight excluding hydrogens is 362 g/mol. The maximum Gasteiger partial charge on any atom is 0.255 e. The van der Waals surface area contributed by atoms with Crippen molar-refractivity contribution in [2.45, 2.75) is 58.5 Å². The van der Waals surface area contributed by atoms with Gasteiger partial charge in [0, 0.05) is 38.3 Å². The van der Waals surface area contributed by atoms with Gasteiger partial charge in [-0.2, -0.15) is 0 Å². The van der Waals surface area contributed by atoms with Crippen molar-refractivity contribution in [3.63, 3.8) is 0 Å². The van der Waals surface area contributed by atoms with Crippen LogP contribution in [0.1, 0.15) is 63.0 Å². The van der Waals surface area contributed by atoms with E-state index in [1.165, 1.54) is 18.1 Å². The van der Waals surface area contributed by atoms with Gasteiger partial charge in [0.1, 0.15) is 0 Å². The monoisotopic (exact) mass is 393 g/mol. The Morgan fingerprint density at radius 3 is 2.38 bits per heavy atom. The minimum Gasteiger partial charge on any atom is -0.355 e. The molecular formula is C24H31N3O2. The molecule has 29 heavy (non-hydrogen) atoms. The van der Waals surface area contributed by atoms with Crippen LogP contribution in [-0.2, 0) is 12.8 Å². The molecule has 2 aliphatic rings. The molecule has 1 fully saturated rings. The Balaban J connectivity index is 1.47. The lowest BCUT2D eigenvalue weighted by Crippen LogP contribution is -2.51. The van der Waals surface area contributed by atoms with Crippen molar-refractivity contribution >= 4 is 11.7 Å². The summed E-state index contributed by atoms with van der Waals surface area (Å²) in [4.78, 5) is 32.7. The molecule has 0 saturated carbocycles. The lowest BCUT2D eigenvalue weighted by Gasteiger charge is -2.40. The van der Waals surface area contributed by atoms with E-state index in [1.807, 2.05) is 25.8 Å². The number of ketones is 1. The molecule has 154 valence electrons. The first-order valence-electron chi connectivity index (χ1n) is 10.6. The Morgan fingerprint density at radius 2 is 1.79 bits per heavy atom. The second-order valence-corrected chi connectivity index (χ2v) is 8.72. The zero-order valence-corrected chi connectivity index (χ0v) is 17.9. The van der Waals surface area contributed by atoms with Crippen LogP contribution in [0.2, 0.25) is 0 Å². The largest absolute Gasteiger partial charge is 0.355 e. The Labute approximate surface area is 173 Å². The SMILES string of the molecule is CC(=O)c1[nH]c(C)c(C(=O)N(C)[C@H]2CCCN(C3Cc4ccccc4C3)C2)c1C. The van der Waals surface area contributed by atoms with Gasteiger partial charge in [0.15, 0.2) is 5.78 Å². The second kappa shape index (κ2) is 7.79. The van der Waals surface area contributed by atoms with Gasteiger partial charge in [-0.15, -0.1) is 0 Å². The van der Waals surface area contributed by atoms with Crippen LogP contribution in [0, 0.1) is 13.8 Å². The third-order valence-corrected chi connectivity index (χ3v) is 6.85. The summed E-state index contributed by atoms with van der Waals surface area (Å²) in [7, 11) is 1.92. The topological polar surface area (TPSA) is 56.4 Å². The number of likely N-dealkylation sites (N-methyl/N-ethyl adjacent to an activating group) is 1. The Hall–Kier alpha value is -2.40. The van der Waals surface area contributed by atoms with Crippen LogP contribution in [0.3, 0.4) is 0 Å². The van der Waals surface area contributed by atoms with E-state index in [4.69, 9.17) is 0 Å². The molecule has 1 aliphatic carbocycles. The van der Waals surface area contributed by atoms with Crippen LogP contribution in [0.5, 0.6) is 0 Å². The number of fused-ring (bicyclic) bond motifs is 1. The molecule has 1 aromatic heterocycles. The van der Waals surface area contributed by atoms with Crippen molar-refractivity contribution in [2.24, 2.45) is 0 Å². The van der Waals surface area contributed by atoms with Crippen molar-refractivity contribution in [1.82, 2.24) is 14.8 Å². The number of likely N-dealkylation sites (tertiary alicyclic amines) is 1. The van der Waals surface area contributed by atoms with Gasteiger partial charge >= 0.3 is 0 Å². The van der Waals surface area contributed by atoms with Crippen molar-refractivity contribution in [1.29, 1.82) is 0 Å². The van der Waals surface area contributed by atoms with E-state index >= 15 is 0 Å². The third-order valence-electron chi connectivity index (χ3n) is 6.85. The number of H-pyrrole nitrogens is 1. The third kappa shape index (κ3) is 3.64. The number of nitrogens with zero attached hydrogens (tertiary/aromatic N) is 2. The smallest absolute Gasteiger partial charge is 0.255 e. The summed E-state index contributed by atoms with van der Waals surface area (Å²) in [5, 5.41) is 0. The number of hydrogen-bond donors (Lipinski definition) is 1. The lowest BCUT2D eigenvalue weighted by atomic mass is 9.99. The first-order chi connectivity index (χ1) is 13.9. The maximum atomic E-state index is 13.3. The van der Waals surface area contributed by atoms with Crippen molar-refractivity contribution < 1.29 is 9.59 Å². The molecule has 5 nitrogen and oxygen atoms in total. The van der Waals surface area contributed by atoms with Gasteiger partial charge < -0.3 is 9.88 Å². The summed E-state index contributed by atoms with van der Waals surface area (Å²) in [5.74, 6) is -0.0118. The molecule has 5 heteroatoms. The predicted molar refractivity (Wildman–Crippen MR) is 115 cm³/mol. The number of carbonyl (C=O) groups excluding carboxylic acids is 2. The number of carbonyl (C=O) groups is 2. The fourth-order valence-electron chi connectivity index (χ4n) is 5.19. The van der Waals surface area contributed by atoms with Gasteiger partial charge in [0.2, 0.25) is 0 Å².